The van der Waals surface area contributed by atoms with Gasteiger partial charge in [0.2, 0.25) is 5.01 Å². The Hall–Kier alpha value is -0.610. The standard InChI is InChI=1S/C4H3NO2S.ClH/c6-4(7)3-5-1-2-8-3;/h1-2H,(H,6,7);1H. The quantitative estimate of drug-likeness (QED) is 0.682. The summed E-state index contributed by atoms with van der Waals surface area (Å²) in [5, 5.41) is 9.99. The van der Waals surface area contributed by atoms with Crippen LogP contribution in [-0.2, 0) is 0 Å². The molecule has 0 saturated heterocycles. The summed E-state index contributed by atoms with van der Waals surface area (Å²) in [6, 6.07) is 0. The fraction of sp³-hybridized carbons (Fsp3) is 0. The molecule has 1 aromatic rings. The van der Waals surface area contributed by atoms with Crippen LogP contribution in [0, 0.1) is 0 Å². The third kappa shape index (κ3) is 1.99. The van der Waals surface area contributed by atoms with Gasteiger partial charge in [0, 0.05) is 11.6 Å². The van der Waals surface area contributed by atoms with Crippen LogP contribution in [0.1, 0.15) is 9.80 Å². The summed E-state index contributed by atoms with van der Waals surface area (Å²) in [7, 11) is 0. The Labute approximate surface area is 61.8 Å². The zero-order valence-electron chi connectivity index (χ0n) is 4.27. The molecule has 1 heterocycles. The molecule has 5 heteroatoms. The lowest BCUT2D eigenvalue weighted by atomic mass is 10.7. The van der Waals surface area contributed by atoms with E-state index in [4.69, 9.17) is 5.11 Å². The third-order valence-corrected chi connectivity index (χ3v) is 1.38. The average Bonchev–Trinajstić information content (AvgIpc) is 2.12. The molecule has 0 bridgehead atoms. The predicted octanol–water partition coefficient (Wildman–Crippen LogP) is 1.26. The highest BCUT2D eigenvalue weighted by atomic mass is 35.5. The van der Waals surface area contributed by atoms with E-state index in [9.17, 15) is 4.79 Å². The number of aromatic nitrogens is 1. The molecule has 1 N–H and O–H groups in total. The topological polar surface area (TPSA) is 50.2 Å². The number of carboxylic acids is 1. The van der Waals surface area contributed by atoms with Crippen LogP contribution in [0.3, 0.4) is 0 Å². The number of hydrogen-bond donors (Lipinski definition) is 1. The van der Waals surface area contributed by atoms with E-state index in [-0.39, 0.29) is 17.4 Å². The van der Waals surface area contributed by atoms with E-state index in [0.717, 1.165) is 11.3 Å². The number of rotatable bonds is 1. The maximum atomic E-state index is 10.0. The molecule has 0 saturated carbocycles. The normalized spacial score (nSPS) is 8.00. The van der Waals surface area contributed by atoms with Gasteiger partial charge in [-0.15, -0.1) is 23.7 Å². The van der Waals surface area contributed by atoms with Crippen LogP contribution in [0.15, 0.2) is 11.6 Å². The van der Waals surface area contributed by atoms with Crippen LogP contribution in [0.2, 0.25) is 0 Å². The fourth-order valence-corrected chi connectivity index (χ4v) is 0.802. The van der Waals surface area contributed by atoms with Crippen LogP contribution < -0.4 is 0 Å². The smallest absolute Gasteiger partial charge is 0.364 e. The van der Waals surface area contributed by atoms with E-state index >= 15 is 0 Å². The van der Waals surface area contributed by atoms with Crippen molar-refractivity contribution in [2.45, 2.75) is 0 Å². The van der Waals surface area contributed by atoms with Crippen molar-refractivity contribution in [2.75, 3.05) is 0 Å². The van der Waals surface area contributed by atoms with Gasteiger partial charge >= 0.3 is 5.97 Å². The minimum absolute atomic E-state index is 0. The molecule has 9 heavy (non-hydrogen) atoms. The second-order valence-electron chi connectivity index (χ2n) is 1.14. The van der Waals surface area contributed by atoms with Gasteiger partial charge in [-0.25, -0.2) is 9.78 Å². The van der Waals surface area contributed by atoms with Gasteiger partial charge in [0.05, 0.1) is 0 Å². The minimum atomic E-state index is -0.958. The molecule has 1 rings (SSSR count). The van der Waals surface area contributed by atoms with Crippen molar-refractivity contribution in [2.24, 2.45) is 0 Å². The van der Waals surface area contributed by atoms with Gasteiger partial charge in [-0.3, -0.25) is 0 Å². The molecule has 1 aromatic heterocycles. The molecule has 0 aliphatic heterocycles. The Morgan fingerprint density at radius 3 is 2.67 bits per heavy atom. The van der Waals surface area contributed by atoms with E-state index in [2.05, 4.69) is 4.98 Å². The van der Waals surface area contributed by atoms with Gasteiger partial charge in [-0.1, -0.05) is 0 Å². The fourth-order valence-electron chi connectivity index (χ4n) is 0.329. The van der Waals surface area contributed by atoms with Crippen LogP contribution in [0.5, 0.6) is 0 Å². The van der Waals surface area contributed by atoms with Crippen molar-refractivity contribution in [3.63, 3.8) is 0 Å². The Balaban J connectivity index is 0.000000640. The van der Waals surface area contributed by atoms with Gasteiger partial charge < -0.3 is 5.11 Å². The number of hydrogen-bond acceptors (Lipinski definition) is 3. The molecular formula is C4H4ClNO2S. The summed E-state index contributed by atoms with van der Waals surface area (Å²) in [6.07, 6.45) is 1.47. The SMILES string of the molecule is Cl.O=C(O)c1nccs1. The van der Waals surface area contributed by atoms with Gasteiger partial charge in [0.15, 0.2) is 0 Å². The predicted molar refractivity (Wildman–Crippen MR) is 36.3 cm³/mol. The van der Waals surface area contributed by atoms with Crippen molar-refractivity contribution in [1.82, 2.24) is 4.98 Å². The molecule has 0 aromatic carbocycles. The molecule has 0 fully saturated rings. The zero-order valence-corrected chi connectivity index (χ0v) is 5.91. The molecule has 0 radical (unpaired) electrons. The van der Waals surface area contributed by atoms with Crippen molar-refractivity contribution in [3.05, 3.63) is 16.6 Å². The lowest BCUT2D eigenvalue weighted by Crippen LogP contribution is -1.92. The van der Waals surface area contributed by atoms with Crippen molar-refractivity contribution >= 4 is 29.7 Å². The van der Waals surface area contributed by atoms with Gasteiger partial charge in [-0.2, -0.15) is 0 Å². The second kappa shape index (κ2) is 3.42. The second-order valence-corrected chi connectivity index (χ2v) is 2.04. The first-order valence-electron chi connectivity index (χ1n) is 1.93. The maximum absolute atomic E-state index is 10.0. The van der Waals surface area contributed by atoms with Gasteiger partial charge in [0.25, 0.3) is 0 Å². The first kappa shape index (κ1) is 8.39. The molecule has 0 amide bonds. The summed E-state index contributed by atoms with van der Waals surface area (Å²) in [5.41, 5.74) is 0. The number of aromatic carboxylic acids is 1. The van der Waals surface area contributed by atoms with Gasteiger partial charge in [-0.05, 0) is 0 Å². The van der Waals surface area contributed by atoms with Crippen molar-refractivity contribution < 1.29 is 9.90 Å². The number of nitrogens with zero attached hydrogens (tertiary/aromatic N) is 1. The first-order chi connectivity index (χ1) is 3.80. The van der Waals surface area contributed by atoms with E-state index in [1.165, 1.54) is 6.20 Å². The van der Waals surface area contributed by atoms with Crippen molar-refractivity contribution in [3.8, 4) is 0 Å². The largest absolute Gasteiger partial charge is 0.476 e. The molecule has 0 aliphatic rings. The molecular weight excluding hydrogens is 162 g/mol. The zero-order chi connectivity index (χ0) is 5.98. The van der Waals surface area contributed by atoms with Crippen LogP contribution >= 0.6 is 23.7 Å². The monoisotopic (exact) mass is 165 g/mol. The van der Waals surface area contributed by atoms with Gasteiger partial charge in [0.1, 0.15) is 0 Å². The summed E-state index contributed by atoms with van der Waals surface area (Å²) in [6.45, 7) is 0. The lowest BCUT2D eigenvalue weighted by Gasteiger charge is -1.77. The highest BCUT2D eigenvalue weighted by Gasteiger charge is 2.01. The summed E-state index contributed by atoms with van der Waals surface area (Å²) in [5.74, 6) is -0.958. The minimum Gasteiger partial charge on any atom is -0.476 e. The first-order valence-corrected chi connectivity index (χ1v) is 2.81. The lowest BCUT2D eigenvalue weighted by molar-refractivity contribution is 0.0696. The number of carbonyl (C=O) groups is 1. The van der Waals surface area contributed by atoms with Crippen LogP contribution in [-0.4, -0.2) is 16.1 Å². The molecule has 50 valence electrons. The van der Waals surface area contributed by atoms with E-state index in [0.29, 0.717) is 0 Å². The summed E-state index contributed by atoms with van der Waals surface area (Å²) < 4.78 is 0. The highest BCUT2D eigenvalue weighted by Crippen LogP contribution is 2.01. The van der Waals surface area contributed by atoms with E-state index in [1.54, 1.807) is 5.38 Å². The number of halogens is 1. The number of thiazole rings is 1. The van der Waals surface area contributed by atoms with Crippen molar-refractivity contribution in [1.29, 1.82) is 0 Å². The Kier molecular flexibility index (Phi) is 3.19. The molecule has 3 nitrogen and oxygen atoms in total. The molecule has 0 unspecified atom stereocenters. The van der Waals surface area contributed by atoms with E-state index < -0.39 is 5.97 Å². The Morgan fingerprint density at radius 2 is 2.44 bits per heavy atom. The van der Waals surface area contributed by atoms with Crippen LogP contribution in [0.25, 0.3) is 0 Å². The summed E-state index contributed by atoms with van der Waals surface area (Å²) >= 11 is 1.12. The number of carboxylic acid groups (broad SMARTS) is 1. The Bertz CT molecular complexity index is 186. The van der Waals surface area contributed by atoms with E-state index in [1.807, 2.05) is 0 Å². The average molecular weight is 166 g/mol. The third-order valence-electron chi connectivity index (χ3n) is 0.615. The summed E-state index contributed by atoms with van der Waals surface area (Å²) in [4.78, 5) is 13.5. The molecule has 0 aliphatic carbocycles. The Morgan fingerprint density at radius 1 is 1.78 bits per heavy atom. The highest BCUT2D eigenvalue weighted by molar-refractivity contribution is 7.11. The maximum Gasteiger partial charge on any atom is 0.364 e. The molecule has 0 spiro atoms. The van der Waals surface area contributed by atoms with Crippen LogP contribution in [0.4, 0.5) is 0 Å². The molecule has 0 atom stereocenters.